The summed E-state index contributed by atoms with van der Waals surface area (Å²) in [5.74, 6) is -3.13. The van der Waals surface area contributed by atoms with Crippen molar-refractivity contribution in [3.8, 4) is 0 Å². The molecule has 0 radical (unpaired) electrons. The largest absolute Gasteiger partial charge is 0.481 e. The molecular weight excluding hydrogens is 225 g/mol. The summed E-state index contributed by atoms with van der Waals surface area (Å²) in [4.78, 5) is 21.0. The van der Waals surface area contributed by atoms with Gasteiger partial charge in [0.1, 0.15) is 5.94 Å². The smallest absolute Gasteiger partial charge is 0.402 e. The number of hydrogen-bond acceptors (Lipinski definition) is 2. The van der Waals surface area contributed by atoms with Gasteiger partial charge in [-0.05, 0) is 5.41 Å². The standard InChI is InChI=1S/C10H13F3O3/c1-9(2,3)6(5-14)4-7(8(15)16)10(11,12)13/h7H,4H2,1-3H3,(H,15,16). The molecule has 0 aliphatic heterocycles. The Bertz CT molecular complexity index is 319. The molecule has 0 aromatic heterocycles. The van der Waals surface area contributed by atoms with Crippen molar-refractivity contribution in [2.75, 3.05) is 0 Å². The second-order valence-electron chi connectivity index (χ2n) is 4.47. The second-order valence-corrected chi connectivity index (χ2v) is 4.47. The number of carboxylic acids is 1. The highest BCUT2D eigenvalue weighted by molar-refractivity contribution is 5.72. The molecule has 0 amide bonds. The Labute approximate surface area is 90.9 Å². The molecule has 0 aliphatic carbocycles. The number of alkyl halides is 3. The lowest BCUT2D eigenvalue weighted by Gasteiger charge is -2.23. The molecule has 1 unspecified atom stereocenters. The van der Waals surface area contributed by atoms with E-state index in [1.165, 1.54) is 26.7 Å². The summed E-state index contributed by atoms with van der Waals surface area (Å²) in [6.45, 7) is 4.59. The molecule has 6 heteroatoms. The topological polar surface area (TPSA) is 54.4 Å². The van der Waals surface area contributed by atoms with Crippen LogP contribution in [0.2, 0.25) is 0 Å². The van der Waals surface area contributed by atoms with E-state index in [2.05, 4.69) is 0 Å². The van der Waals surface area contributed by atoms with Gasteiger partial charge in [0.2, 0.25) is 0 Å². The maximum absolute atomic E-state index is 12.3. The van der Waals surface area contributed by atoms with Crippen LogP contribution in [0.5, 0.6) is 0 Å². The van der Waals surface area contributed by atoms with Crippen LogP contribution in [0.4, 0.5) is 13.2 Å². The van der Waals surface area contributed by atoms with Gasteiger partial charge in [-0.2, -0.15) is 13.2 Å². The summed E-state index contributed by atoms with van der Waals surface area (Å²) < 4.78 is 37.0. The van der Waals surface area contributed by atoms with E-state index in [1.807, 2.05) is 0 Å². The third-order valence-corrected chi connectivity index (χ3v) is 2.13. The second kappa shape index (κ2) is 4.70. The summed E-state index contributed by atoms with van der Waals surface area (Å²) in [5.41, 5.74) is -1.00. The van der Waals surface area contributed by atoms with E-state index in [9.17, 15) is 22.8 Å². The first kappa shape index (κ1) is 14.7. The number of carbonyl (C=O) groups excluding carboxylic acids is 1. The van der Waals surface area contributed by atoms with Gasteiger partial charge >= 0.3 is 12.1 Å². The van der Waals surface area contributed by atoms with Crippen molar-refractivity contribution in [2.45, 2.75) is 33.4 Å². The predicted octanol–water partition coefficient (Wildman–Crippen LogP) is 2.44. The third kappa shape index (κ3) is 4.06. The van der Waals surface area contributed by atoms with E-state index in [0.29, 0.717) is 0 Å². The number of rotatable bonds is 3. The minimum absolute atomic E-state index is 0.183. The minimum Gasteiger partial charge on any atom is -0.481 e. The molecule has 0 bridgehead atoms. The molecule has 16 heavy (non-hydrogen) atoms. The van der Waals surface area contributed by atoms with Gasteiger partial charge < -0.3 is 5.11 Å². The van der Waals surface area contributed by atoms with E-state index < -0.39 is 29.9 Å². The fourth-order valence-electron chi connectivity index (χ4n) is 1.05. The van der Waals surface area contributed by atoms with E-state index in [0.717, 1.165) is 0 Å². The monoisotopic (exact) mass is 238 g/mol. The predicted molar refractivity (Wildman–Crippen MR) is 50.5 cm³/mol. The van der Waals surface area contributed by atoms with Crippen molar-refractivity contribution in [1.82, 2.24) is 0 Å². The fraction of sp³-hybridized carbons (Fsp3) is 0.700. The molecule has 0 aromatic carbocycles. The quantitative estimate of drug-likeness (QED) is 0.768. The maximum Gasteiger partial charge on any atom is 0.402 e. The zero-order valence-electron chi connectivity index (χ0n) is 9.18. The number of halogens is 3. The van der Waals surface area contributed by atoms with Gasteiger partial charge in [-0.15, -0.1) is 0 Å². The average molecular weight is 238 g/mol. The van der Waals surface area contributed by atoms with Crippen LogP contribution in [0.25, 0.3) is 0 Å². The summed E-state index contributed by atoms with van der Waals surface area (Å²) in [6.07, 6.45) is -5.72. The number of aliphatic carboxylic acids is 1. The zero-order chi connectivity index (χ0) is 13.1. The highest BCUT2D eigenvalue weighted by Crippen LogP contribution is 2.36. The Morgan fingerprint density at radius 2 is 1.75 bits per heavy atom. The molecule has 0 spiro atoms. The summed E-state index contributed by atoms with van der Waals surface area (Å²) in [5, 5.41) is 8.46. The summed E-state index contributed by atoms with van der Waals surface area (Å²) >= 11 is 0. The van der Waals surface area contributed by atoms with Crippen LogP contribution < -0.4 is 0 Å². The molecule has 0 rings (SSSR count). The van der Waals surface area contributed by atoms with E-state index in [-0.39, 0.29) is 5.57 Å². The van der Waals surface area contributed by atoms with Crippen molar-refractivity contribution < 1.29 is 27.9 Å². The number of carboxylic acid groups (broad SMARTS) is 1. The highest BCUT2D eigenvalue weighted by atomic mass is 19.4. The molecule has 0 fully saturated rings. The van der Waals surface area contributed by atoms with E-state index >= 15 is 0 Å². The fourth-order valence-corrected chi connectivity index (χ4v) is 1.05. The normalized spacial score (nSPS) is 14.1. The van der Waals surface area contributed by atoms with E-state index in [1.54, 1.807) is 0 Å². The van der Waals surface area contributed by atoms with Gasteiger partial charge in [0.15, 0.2) is 5.92 Å². The van der Waals surface area contributed by atoms with Crippen molar-refractivity contribution in [2.24, 2.45) is 11.3 Å². The van der Waals surface area contributed by atoms with Gasteiger partial charge in [0, 0.05) is 12.0 Å². The lowest BCUT2D eigenvalue weighted by Crippen LogP contribution is -2.32. The Balaban J connectivity index is 5.06. The SMILES string of the molecule is CC(C)(C)C(=C=O)CC(C(=O)O)C(F)(F)F. The van der Waals surface area contributed by atoms with Gasteiger partial charge in [-0.3, -0.25) is 4.79 Å². The molecule has 0 saturated heterocycles. The zero-order valence-corrected chi connectivity index (χ0v) is 9.18. The van der Waals surface area contributed by atoms with Gasteiger partial charge in [0.05, 0.1) is 0 Å². The highest BCUT2D eigenvalue weighted by Gasteiger charge is 2.46. The Morgan fingerprint density at radius 1 is 1.31 bits per heavy atom. The van der Waals surface area contributed by atoms with Crippen molar-refractivity contribution in [3.63, 3.8) is 0 Å². The van der Waals surface area contributed by atoms with Crippen molar-refractivity contribution in [3.05, 3.63) is 5.57 Å². The lowest BCUT2D eigenvalue weighted by atomic mass is 9.82. The molecule has 1 atom stereocenters. The Kier molecular flexibility index (Phi) is 4.32. The van der Waals surface area contributed by atoms with Crippen LogP contribution in [-0.2, 0) is 9.59 Å². The molecule has 0 aliphatic rings. The number of allylic oxidation sites excluding steroid dienone is 1. The molecular formula is C10H13F3O3. The van der Waals surface area contributed by atoms with Crippen molar-refractivity contribution >= 4 is 11.9 Å². The first-order valence-corrected chi connectivity index (χ1v) is 4.54. The van der Waals surface area contributed by atoms with Gasteiger partial charge in [0.25, 0.3) is 0 Å². The van der Waals surface area contributed by atoms with Crippen LogP contribution in [0.1, 0.15) is 27.2 Å². The van der Waals surface area contributed by atoms with Gasteiger partial charge in [-0.1, -0.05) is 20.8 Å². The number of carbonyl (C=O) groups is 1. The number of hydrogen-bond donors (Lipinski definition) is 1. The summed E-state index contributed by atoms with van der Waals surface area (Å²) in [7, 11) is 0. The average Bonchev–Trinajstić information content (AvgIpc) is 1.99. The molecule has 0 heterocycles. The minimum atomic E-state index is -4.86. The first-order valence-electron chi connectivity index (χ1n) is 4.54. The van der Waals surface area contributed by atoms with Crippen molar-refractivity contribution in [1.29, 1.82) is 0 Å². The Morgan fingerprint density at radius 3 is 1.94 bits per heavy atom. The van der Waals surface area contributed by atoms with Crippen LogP contribution in [0.15, 0.2) is 5.57 Å². The van der Waals surface area contributed by atoms with E-state index in [4.69, 9.17) is 5.11 Å². The molecule has 0 aromatic rings. The van der Waals surface area contributed by atoms with Crippen LogP contribution in [0, 0.1) is 11.3 Å². The van der Waals surface area contributed by atoms with Crippen LogP contribution in [0.3, 0.4) is 0 Å². The lowest BCUT2D eigenvalue weighted by molar-refractivity contribution is -0.193. The first-order chi connectivity index (χ1) is 7.00. The Hall–Kier alpha value is -1.29. The molecule has 0 saturated carbocycles. The summed E-state index contributed by atoms with van der Waals surface area (Å²) in [6, 6.07) is 0. The van der Waals surface area contributed by atoms with Crippen LogP contribution in [-0.4, -0.2) is 23.2 Å². The molecule has 3 nitrogen and oxygen atoms in total. The molecule has 1 N–H and O–H groups in total. The van der Waals surface area contributed by atoms with Gasteiger partial charge in [-0.25, -0.2) is 4.79 Å². The maximum atomic E-state index is 12.3. The molecule has 92 valence electrons. The third-order valence-electron chi connectivity index (χ3n) is 2.13. The van der Waals surface area contributed by atoms with Crippen LogP contribution >= 0.6 is 0 Å².